The van der Waals surface area contributed by atoms with Crippen LogP contribution in [0.15, 0.2) is 65.5 Å². The number of rotatable bonds is 5. The van der Waals surface area contributed by atoms with Gasteiger partial charge in [0.1, 0.15) is 5.69 Å². The highest BCUT2D eigenvalue weighted by atomic mass is 16.1. The van der Waals surface area contributed by atoms with Crippen LogP contribution in [0.3, 0.4) is 0 Å². The smallest absolute Gasteiger partial charge is 0.274 e. The molecule has 7 heteroatoms. The van der Waals surface area contributed by atoms with Crippen molar-refractivity contribution in [3.05, 3.63) is 99.5 Å². The van der Waals surface area contributed by atoms with Gasteiger partial charge in [0.25, 0.3) is 5.56 Å². The molecular weight excluding hydrogens is 390 g/mol. The average molecular weight is 409 g/mol. The Morgan fingerprint density at radius 1 is 1.00 bits per heavy atom. The van der Waals surface area contributed by atoms with Crippen molar-refractivity contribution < 1.29 is 4.79 Å². The van der Waals surface area contributed by atoms with Crippen molar-refractivity contribution in [3.8, 4) is 6.07 Å². The number of benzene rings is 2. The van der Waals surface area contributed by atoms with Gasteiger partial charge in [0.2, 0.25) is 5.78 Å². The number of nitriles is 1. The molecule has 152 valence electrons. The number of Topliss-reactive ketones (excluding diaryl/α,β-unsaturated/α-hetero) is 1. The van der Waals surface area contributed by atoms with Gasteiger partial charge in [0.05, 0.1) is 18.0 Å². The van der Waals surface area contributed by atoms with Crippen LogP contribution in [0.5, 0.6) is 0 Å². The van der Waals surface area contributed by atoms with E-state index < -0.39 is 11.7 Å². The molecular formula is C24H19N5O2. The second kappa shape index (κ2) is 8.28. The summed E-state index contributed by atoms with van der Waals surface area (Å²) in [4.78, 5) is 35.0. The van der Waals surface area contributed by atoms with E-state index >= 15 is 0 Å². The molecule has 0 spiro atoms. The van der Waals surface area contributed by atoms with Gasteiger partial charge in [-0.3, -0.25) is 9.59 Å². The second-order valence-electron chi connectivity index (χ2n) is 7.28. The molecule has 2 aromatic heterocycles. The summed E-state index contributed by atoms with van der Waals surface area (Å²) >= 11 is 0. The molecule has 0 aliphatic rings. The second-order valence-corrected chi connectivity index (χ2v) is 7.28. The van der Waals surface area contributed by atoms with Crippen molar-refractivity contribution >= 4 is 16.6 Å². The molecule has 7 nitrogen and oxygen atoms in total. The van der Waals surface area contributed by atoms with E-state index in [1.807, 2.05) is 36.4 Å². The van der Waals surface area contributed by atoms with Crippen LogP contribution in [-0.2, 0) is 6.54 Å². The molecule has 4 aromatic rings. The summed E-state index contributed by atoms with van der Waals surface area (Å²) in [5.74, 6) is -1.63. The molecule has 2 aromatic carbocycles. The van der Waals surface area contributed by atoms with E-state index in [1.165, 1.54) is 4.68 Å². The van der Waals surface area contributed by atoms with Gasteiger partial charge in [0, 0.05) is 16.8 Å². The third-order valence-corrected chi connectivity index (χ3v) is 4.93. The molecule has 0 aliphatic carbocycles. The lowest BCUT2D eigenvalue weighted by molar-refractivity contribution is 0.0971. The Kier molecular flexibility index (Phi) is 5.37. The lowest BCUT2D eigenvalue weighted by Crippen LogP contribution is -2.28. The number of aryl methyl sites for hydroxylation is 2. The van der Waals surface area contributed by atoms with Crippen LogP contribution in [0.1, 0.15) is 39.2 Å². The molecule has 1 atom stereocenters. The number of fused-ring (bicyclic) bond motifs is 1. The van der Waals surface area contributed by atoms with E-state index in [0.717, 1.165) is 5.56 Å². The number of carbonyl (C=O) groups excluding carboxylic acids is 1. The predicted molar refractivity (Wildman–Crippen MR) is 116 cm³/mol. The summed E-state index contributed by atoms with van der Waals surface area (Å²) in [5, 5.41) is 14.9. The van der Waals surface area contributed by atoms with E-state index in [4.69, 9.17) is 0 Å². The molecule has 31 heavy (non-hydrogen) atoms. The molecule has 4 rings (SSSR count). The van der Waals surface area contributed by atoms with E-state index in [0.29, 0.717) is 22.2 Å². The van der Waals surface area contributed by atoms with Crippen molar-refractivity contribution in [1.29, 1.82) is 5.26 Å². The topological polar surface area (TPSA) is 102 Å². The minimum Gasteiger partial charge on any atom is -0.290 e. The van der Waals surface area contributed by atoms with Crippen LogP contribution in [0.2, 0.25) is 0 Å². The highest BCUT2D eigenvalue weighted by Gasteiger charge is 2.29. The zero-order chi connectivity index (χ0) is 22.0. The first-order valence-electron chi connectivity index (χ1n) is 9.77. The number of ketones is 1. The fraction of sp³-hybridized carbons (Fsp3) is 0.167. The van der Waals surface area contributed by atoms with E-state index in [9.17, 15) is 14.9 Å². The van der Waals surface area contributed by atoms with Crippen LogP contribution >= 0.6 is 0 Å². The number of carbonyl (C=O) groups is 1. The Labute approximate surface area is 178 Å². The molecule has 0 amide bonds. The maximum atomic E-state index is 13.4. The molecule has 0 saturated heterocycles. The average Bonchev–Trinajstić information content (AvgIpc) is 2.76. The summed E-state index contributed by atoms with van der Waals surface area (Å²) in [6, 6.07) is 20.0. The van der Waals surface area contributed by atoms with Gasteiger partial charge in [-0.15, -0.1) is 0 Å². The fourth-order valence-electron chi connectivity index (χ4n) is 3.53. The first-order chi connectivity index (χ1) is 15.0. The van der Waals surface area contributed by atoms with Crippen LogP contribution < -0.4 is 5.56 Å². The van der Waals surface area contributed by atoms with Gasteiger partial charge in [-0.1, -0.05) is 48.5 Å². The highest BCUT2D eigenvalue weighted by molar-refractivity contribution is 6.09. The van der Waals surface area contributed by atoms with Crippen molar-refractivity contribution in [1.82, 2.24) is 19.7 Å². The third-order valence-electron chi connectivity index (χ3n) is 4.93. The molecule has 1 unspecified atom stereocenters. The summed E-state index contributed by atoms with van der Waals surface area (Å²) < 4.78 is 1.27. The summed E-state index contributed by atoms with van der Waals surface area (Å²) in [6.07, 6.45) is 0. The minimum atomic E-state index is -1.22. The first kappa shape index (κ1) is 20.1. The van der Waals surface area contributed by atoms with Gasteiger partial charge in [0.15, 0.2) is 11.7 Å². The number of hydrogen-bond donors (Lipinski definition) is 0. The van der Waals surface area contributed by atoms with Gasteiger partial charge in [-0.25, -0.2) is 14.6 Å². The number of aromatic nitrogens is 4. The fourth-order valence-corrected chi connectivity index (χ4v) is 3.53. The molecule has 0 N–H and O–H groups in total. The van der Waals surface area contributed by atoms with Crippen LogP contribution in [0.25, 0.3) is 10.8 Å². The zero-order valence-corrected chi connectivity index (χ0v) is 17.1. The maximum absolute atomic E-state index is 13.4. The number of nitrogens with zero attached hydrogens (tertiary/aromatic N) is 5. The molecule has 0 bridgehead atoms. The SMILES string of the molecule is Cc1cc(C)nc(C(C#N)C(=O)c2nn(Cc3ccccc3)c(=O)c3ccccc23)n1. The van der Waals surface area contributed by atoms with Crippen molar-refractivity contribution in [2.45, 2.75) is 26.3 Å². The Balaban J connectivity index is 1.87. The Hall–Kier alpha value is -4.18. The molecule has 2 heterocycles. The van der Waals surface area contributed by atoms with Crippen molar-refractivity contribution in [2.75, 3.05) is 0 Å². The standard InChI is InChI=1S/C24H19N5O2/c1-15-12-16(2)27-23(26-15)20(13-25)22(30)21-18-10-6-7-11-19(18)24(31)29(28-21)14-17-8-4-3-5-9-17/h3-12,20H,14H2,1-2H3. The third kappa shape index (κ3) is 3.96. The lowest BCUT2D eigenvalue weighted by atomic mass is 9.98. The van der Waals surface area contributed by atoms with E-state index in [2.05, 4.69) is 15.1 Å². The van der Waals surface area contributed by atoms with E-state index in [1.54, 1.807) is 44.2 Å². The monoisotopic (exact) mass is 409 g/mol. The quantitative estimate of drug-likeness (QED) is 0.469. The Morgan fingerprint density at radius 2 is 1.61 bits per heavy atom. The molecule has 0 fully saturated rings. The normalized spacial score (nSPS) is 11.8. The first-order valence-corrected chi connectivity index (χ1v) is 9.77. The lowest BCUT2D eigenvalue weighted by Gasteiger charge is -2.13. The number of hydrogen-bond acceptors (Lipinski definition) is 6. The van der Waals surface area contributed by atoms with Crippen molar-refractivity contribution in [2.24, 2.45) is 0 Å². The zero-order valence-electron chi connectivity index (χ0n) is 17.1. The van der Waals surface area contributed by atoms with Gasteiger partial charge < -0.3 is 0 Å². The minimum absolute atomic E-state index is 0.0560. The van der Waals surface area contributed by atoms with Gasteiger partial charge in [-0.2, -0.15) is 10.4 Å². The highest BCUT2D eigenvalue weighted by Crippen LogP contribution is 2.22. The summed E-state index contributed by atoms with van der Waals surface area (Å²) in [7, 11) is 0. The van der Waals surface area contributed by atoms with Crippen LogP contribution in [-0.4, -0.2) is 25.5 Å². The van der Waals surface area contributed by atoms with Crippen LogP contribution in [0.4, 0.5) is 0 Å². The molecule has 0 saturated carbocycles. The van der Waals surface area contributed by atoms with Crippen molar-refractivity contribution in [3.63, 3.8) is 0 Å². The summed E-state index contributed by atoms with van der Waals surface area (Å²) in [5.41, 5.74) is 1.97. The maximum Gasteiger partial charge on any atom is 0.274 e. The predicted octanol–water partition coefficient (Wildman–Crippen LogP) is 3.34. The largest absolute Gasteiger partial charge is 0.290 e. The molecule has 0 radical (unpaired) electrons. The Morgan fingerprint density at radius 3 is 2.26 bits per heavy atom. The van der Waals surface area contributed by atoms with Crippen LogP contribution in [0, 0.1) is 25.2 Å². The van der Waals surface area contributed by atoms with Gasteiger partial charge >= 0.3 is 0 Å². The molecule has 0 aliphatic heterocycles. The van der Waals surface area contributed by atoms with Gasteiger partial charge in [-0.05, 0) is 31.5 Å². The Bertz CT molecular complexity index is 1370. The van der Waals surface area contributed by atoms with E-state index in [-0.39, 0.29) is 23.6 Å². The summed E-state index contributed by atoms with van der Waals surface area (Å²) in [6.45, 7) is 3.78.